The zero-order chi connectivity index (χ0) is 16.4. The van der Waals surface area contributed by atoms with Crippen LogP contribution in [0.4, 0.5) is 0 Å². The van der Waals surface area contributed by atoms with Crippen LogP contribution in [-0.4, -0.2) is 28.1 Å². The first-order chi connectivity index (χ1) is 10.5. The minimum absolute atomic E-state index is 0.156. The Labute approximate surface area is 132 Å². The Hall–Kier alpha value is -1.42. The third-order valence-electron chi connectivity index (χ3n) is 4.04. The van der Waals surface area contributed by atoms with Gasteiger partial charge in [0.15, 0.2) is 5.78 Å². The fourth-order valence-corrected chi connectivity index (χ4v) is 2.72. The van der Waals surface area contributed by atoms with E-state index in [1.165, 1.54) is 0 Å². The van der Waals surface area contributed by atoms with Crippen molar-refractivity contribution in [2.75, 3.05) is 0 Å². The first-order valence-electron chi connectivity index (χ1n) is 8.37. The van der Waals surface area contributed by atoms with Gasteiger partial charge in [-0.15, -0.1) is 0 Å². The van der Waals surface area contributed by atoms with E-state index in [0.717, 1.165) is 49.7 Å². The number of rotatable bonds is 11. The lowest BCUT2D eigenvalue weighted by Crippen LogP contribution is -2.02. The number of allylic oxidation sites excluding steroid dienone is 3. The van der Waals surface area contributed by atoms with Crippen molar-refractivity contribution in [3.63, 3.8) is 0 Å². The highest BCUT2D eigenvalue weighted by Crippen LogP contribution is 2.28. The molecule has 0 saturated heterocycles. The topological polar surface area (TPSA) is 74.6 Å². The molecule has 0 amide bonds. The first-order valence-corrected chi connectivity index (χ1v) is 8.37. The molecule has 4 heteroatoms. The van der Waals surface area contributed by atoms with Crippen molar-refractivity contribution in [1.82, 2.24) is 0 Å². The summed E-state index contributed by atoms with van der Waals surface area (Å²) in [5.41, 5.74) is 1.86. The quantitative estimate of drug-likeness (QED) is 0.569. The maximum atomic E-state index is 11.9. The second-order valence-corrected chi connectivity index (χ2v) is 5.95. The van der Waals surface area contributed by atoms with Crippen molar-refractivity contribution >= 4 is 11.8 Å². The Bertz CT molecular complexity index is 434. The third kappa shape index (κ3) is 7.03. The number of carbonyl (C=O) groups excluding carboxylic acids is 1. The molecule has 124 valence electrons. The normalized spacial score (nSPS) is 16.7. The van der Waals surface area contributed by atoms with E-state index in [1.807, 2.05) is 6.08 Å². The van der Waals surface area contributed by atoms with Crippen molar-refractivity contribution in [1.29, 1.82) is 0 Å². The van der Waals surface area contributed by atoms with E-state index in [-0.39, 0.29) is 12.2 Å². The van der Waals surface area contributed by atoms with E-state index < -0.39 is 12.1 Å². The second-order valence-electron chi connectivity index (χ2n) is 5.95. The molecule has 1 aliphatic carbocycles. The van der Waals surface area contributed by atoms with Crippen LogP contribution in [0.5, 0.6) is 0 Å². The number of carboxylic acid groups (broad SMARTS) is 1. The number of Topliss-reactive ketones (excluding diaryl/α,β-unsaturated/α-hetero) is 1. The van der Waals surface area contributed by atoms with Crippen LogP contribution >= 0.6 is 0 Å². The van der Waals surface area contributed by atoms with Crippen LogP contribution in [0.3, 0.4) is 0 Å². The van der Waals surface area contributed by atoms with E-state index in [4.69, 9.17) is 5.11 Å². The van der Waals surface area contributed by atoms with Crippen LogP contribution in [-0.2, 0) is 9.59 Å². The van der Waals surface area contributed by atoms with Gasteiger partial charge in [-0.3, -0.25) is 9.59 Å². The maximum Gasteiger partial charge on any atom is 0.303 e. The van der Waals surface area contributed by atoms with E-state index in [9.17, 15) is 14.7 Å². The molecule has 1 rings (SSSR count). The van der Waals surface area contributed by atoms with Gasteiger partial charge >= 0.3 is 5.97 Å². The van der Waals surface area contributed by atoms with Gasteiger partial charge in [-0.25, -0.2) is 0 Å². The summed E-state index contributed by atoms with van der Waals surface area (Å²) in [5.74, 6) is -0.613. The van der Waals surface area contributed by atoms with E-state index >= 15 is 0 Å². The molecule has 2 N–H and O–H groups in total. The lowest BCUT2D eigenvalue weighted by molar-refractivity contribution is -0.137. The number of ketones is 1. The number of aliphatic hydroxyl groups excluding tert-OH is 1. The average Bonchev–Trinajstić information content (AvgIpc) is 2.82. The predicted molar refractivity (Wildman–Crippen MR) is 86.7 cm³/mol. The Kier molecular flexibility index (Phi) is 8.75. The van der Waals surface area contributed by atoms with Crippen LogP contribution in [0.2, 0.25) is 0 Å². The molecule has 0 aliphatic heterocycles. The summed E-state index contributed by atoms with van der Waals surface area (Å²) in [4.78, 5) is 22.4. The van der Waals surface area contributed by atoms with E-state index in [0.29, 0.717) is 19.3 Å². The van der Waals surface area contributed by atoms with Gasteiger partial charge in [0, 0.05) is 12.8 Å². The molecule has 22 heavy (non-hydrogen) atoms. The van der Waals surface area contributed by atoms with Gasteiger partial charge in [-0.2, -0.15) is 0 Å². The lowest BCUT2D eigenvalue weighted by atomic mass is 10.0. The zero-order valence-electron chi connectivity index (χ0n) is 13.5. The van der Waals surface area contributed by atoms with Crippen molar-refractivity contribution < 1.29 is 19.8 Å². The highest BCUT2D eigenvalue weighted by atomic mass is 16.4. The Balaban J connectivity index is 2.49. The van der Waals surface area contributed by atoms with Gasteiger partial charge in [0.2, 0.25) is 0 Å². The summed E-state index contributed by atoms with van der Waals surface area (Å²) in [6.45, 7) is 2.13. The lowest BCUT2D eigenvalue weighted by Gasteiger charge is -2.06. The van der Waals surface area contributed by atoms with Gasteiger partial charge in [0.05, 0.1) is 6.10 Å². The molecule has 0 spiro atoms. The van der Waals surface area contributed by atoms with Crippen molar-refractivity contribution in [3.05, 3.63) is 23.3 Å². The Morgan fingerprint density at radius 2 is 2.00 bits per heavy atom. The number of unbranched alkanes of at least 4 members (excludes halogenated alkanes) is 3. The minimum atomic E-state index is -0.790. The standard InChI is InChI=1S/C18H28O4/c1-2-3-4-7-15(19)12-10-14-11-13-17(20)16(14)8-5-6-9-18(21)22/h10,12,15,19H,2-9,11,13H2,1H3,(H,21,22)/b12-10+/t15-/m0/s1. The van der Waals surface area contributed by atoms with Gasteiger partial charge in [-0.1, -0.05) is 38.3 Å². The zero-order valence-corrected chi connectivity index (χ0v) is 13.5. The third-order valence-corrected chi connectivity index (χ3v) is 4.04. The molecular formula is C18H28O4. The van der Waals surface area contributed by atoms with Crippen molar-refractivity contribution in [2.24, 2.45) is 0 Å². The molecule has 0 aromatic carbocycles. The molecule has 0 heterocycles. The minimum Gasteiger partial charge on any atom is -0.481 e. The van der Waals surface area contributed by atoms with Crippen LogP contribution < -0.4 is 0 Å². The molecule has 0 saturated carbocycles. The molecule has 4 nitrogen and oxygen atoms in total. The number of hydrogen-bond donors (Lipinski definition) is 2. The Morgan fingerprint density at radius 1 is 1.23 bits per heavy atom. The average molecular weight is 308 g/mol. The molecule has 0 unspecified atom stereocenters. The highest BCUT2D eigenvalue weighted by Gasteiger charge is 2.20. The van der Waals surface area contributed by atoms with Crippen LogP contribution in [0.25, 0.3) is 0 Å². The van der Waals surface area contributed by atoms with E-state index in [2.05, 4.69) is 6.92 Å². The second kappa shape index (κ2) is 10.3. The summed E-state index contributed by atoms with van der Waals surface area (Å²) < 4.78 is 0. The van der Waals surface area contributed by atoms with Crippen molar-refractivity contribution in [3.8, 4) is 0 Å². The highest BCUT2D eigenvalue weighted by molar-refractivity contribution is 5.99. The monoisotopic (exact) mass is 308 g/mol. The number of carbonyl (C=O) groups is 2. The predicted octanol–water partition coefficient (Wildman–Crippen LogP) is 3.79. The van der Waals surface area contributed by atoms with Gasteiger partial charge in [0.1, 0.15) is 0 Å². The molecule has 0 aromatic heterocycles. The Morgan fingerprint density at radius 3 is 2.68 bits per heavy atom. The first kappa shape index (κ1) is 18.6. The van der Waals surface area contributed by atoms with Gasteiger partial charge in [-0.05, 0) is 43.3 Å². The smallest absolute Gasteiger partial charge is 0.303 e. The summed E-state index contributed by atoms with van der Waals surface area (Å²) in [6.07, 6.45) is 10.7. The number of carboxylic acids is 1. The van der Waals surface area contributed by atoms with Gasteiger partial charge < -0.3 is 10.2 Å². The summed E-state index contributed by atoms with van der Waals surface area (Å²) in [6, 6.07) is 0. The molecular weight excluding hydrogens is 280 g/mol. The van der Waals surface area contributed by atoms with Crippen LogP contribution in [0, 0.1) is 0 Å². The molecule has 0 aromatic rings. The number of aliphatic hydroxyl groups is 1. The molecule has 0 bridgehead atoms. The molecule has 0 fully saturated rings. The summed E-state index contributed by atoms with van der Waals surface area (Å²) in [7, 11) is 0. The molecule has 1 atom stereocenters. The largest absolute Gasteiger partial charge is 0.481 e. The van der Waals surface area contributed by atoms with Gasteiger partial charge in [0.25, 0.3) is 0 Å². The number of aliphatic carboxylic acids is 1. The summed E-state index contributed by atoms with van der Waals surface area (Å²) >= 11 is 0. The van der Waals surface area contributed by atoms with E-state index in [1.54, 1.807) is 6.08 Å². The number of hydrogen-bond acceptors (Lipinski definition) is 3. The SMILES string of the molecule is CCCCC[C@H](O)/C=C/C1=C(CCCCC(=O)O)C(=O)CC1. The fraction of sp³-hybridized carbons (Fsp3) is 0.667. The fourth-order valence-electron chi connectivity index (χ4n) is 2.72. The molecule has 1 aliphatic rings. The van der Waals surface area contributed by atoms with Crippen molar-refractivity contribution in [2.45, 2.75) is 77.2 Å². The summed E-state index contributed by atoms with van der Waals surface area (Å²) in [5, 5.41) is 18.5. The van der Waals surface area contributed by atoms with Crippen LogP contribution in [0.15, 0.2) is 23.3 Å². The maximum absolute atomic E-state index is 11.9. The van der Waals surface area contributed by atoms with Crippen LogP contribution in [0.1, 0.15) is 71.1 Å². The molecule has 0 radical (unpaired) electrons.